The molecule has 1 aliphatic rings. The number of nitrogens with zero attached hydrogens (tertiary/aromatic N) is 1. The fourth-order valence-electron chi connectivity index (χ4n) is 3.17. The van der Waals surface area contributed by atoms with E-state index in [9.17, 15) is 4.79 Å². The number of rotatable bonds is 4. The number of aryl methyl sites for hydroxylation is 1. The van der Waals surface area contributed by atoms with Gasteiger partial charge in [0.25, 0.3) is 0 Å². The van der Waals surface area contributed by atoms with E-state index >= 15 is 0 Å². The molecule has 0 aliphatic carbocycles. The van der Waals surface area contributed by atoms with E-state index in [1.165, 1.54) is 0 Å². The Morgan fingerprint density at radius 2 is 2.11 bits per heavy atom. The summed E-state index contributed by atoms with van der Waals surface area (Å²) in [6.07, 6.45) is 2.19. The van der Waals surface area contributed by atoms with Gasteiger partial charge in [0.15, 0.2) is 5.78 Å². The number of hydrogen-bond acceptors (Lipinski definition) is 2. The highest BCUT2D eigenvalue weighted by molar-refractivity contribution is 6.30. The molecule has 0 spiro atoms. The van der Waals surface area contributed by atoms with Crippen LogP contribution in [0.1, 0.15) is 47.6 Å². The van der Waals surface area contributed by atoms with Crippen molar-refractivity contribution in [2.45, 2.75) is 39.7 Å². The second kappa shape index (κ2) is 6.10. The van der Waals surface area contributed by atoms with Crippen LogP contribution in [-0.4, -0.2) is 29.4 Å². The normalized spacial score (nSPS) is 18.5. The average Bonchev–Trinajstić information content (AvgIpc) is 2.73. The lowest BCUT2D eigenvalue weighted by molar-refractivity contribution is 0.0508. The predicted octanol–water partition coefficient (Wildman–Crippen LogP) is 3.51. The third kappa shape index (κ3) is 2.87. The van der Waals surface area contributed by atoms with E-state index in [1.807, 2.05) is 13.0 Å². The van der Waals surface area contributed by atoms with Gasteiger partial charge >= 0.3 is 0 Å². The van der Waals surface area contributed by atoms with Crippen molar-refractivity contribution in [2.24, 2.45) is 5.92 Å². The molecule has 19 heavy (non-hydrogen) atoms. The van der Waals surface area contributed by atoms with Gasteiger partial charge in [-0.25, -0.2) is 0 Å². The third-order valence-corrected chi connectivity index (χ3v) is 4.50. The summed E-state index contributed by atoms with van der Waals surface area (Å²) < 4.78 is 7.71. The van der Waals surface area contributed by atoms with Crippen molar-refractivity contribution in [2.75, 3.05) is 19.1 Å². The molecule has 3 nitrogen and oxygen atoms in total. The lowest BCUT2D eigenvalue weighted by Gasteiger charge is -2.30. The number of carbonyl (C=O) groups excluding carboxylic acids is 1. The van der Waals surface area contributed by atoms with Crippen LogP contribution in [-0.2, 0) is 4.74 Å². The lowest BCUT2D eigenvalue weighted by atomic mass is 9.92. The average molecular weight is 284 g/mol. The molecule has 1 atom stereocenters. The largest absolute Gasteiger partial charge is 0.381 e. The summed E-state index contributed by atoms with van der Waals surface area (Å²) in [6, 6.07) is 2.37. The maximum atomic E-state index is 11.8. The van der Waals surface area contributed by atoms with Crippen molar-refractivity contribution in [1.29, 1.82) is 0 Å². The Kier molecular flexibility index (Phi) is 4.69. The fraction of sp³-hybridized carbons (Fsp3) is 0.667. The molecule has 1 saturated heterocycles. The molecule has 1 aromatic rings. The molecule has 0 aromatic carbocycles. The molecular formula is C15H22ClNO2. The van der Waals surface area contributed by atoms with Crippen LogP contribution in [0.4, 0.5) is 0 Å². The highest BCUT2D eigenvalue weighted by Gasteiger charge is 2.25. The molecule has 1 unspecified atom stereocenters. The fourth-order valence-corrected chi connectivity index (χ4v) is 3.31. The molecule has 2 rings (SSSR count). The van der Waals surface area contributed by atoms with Crippen LogP contribution in [0.25, 0.3) is 0 Å². The monoisotopic (exact) mass is 283 g/mol. The number of Topliss-reactive ketones (excluding diaryl/α,β-unsaturated/α-hetero) is 1. The first-order valence-electron chi connectivity index (χ1n) is 6.91. The highest BCUT2D eigenvalue weighted by Crippen LogP contribution is 2.31. The molecule has 1 aliphatic heterocycles. The Morgan fingerprint density at radius 1 is 1.47 bits per heavy atom. The summed E-state index contributed by atoms with van der Waals surface area (Å²) in [7, 11) is 0. The first-order valence-corrected chi connectivity index (χ1v) is 7.45. The molecule has 0 bridgehead atoms. The molecule has 0 N–H and O–H groups in total. The zero-order chi connectivity index (χ0) is 14.0. The minimum Gasteiger partial charge on any atom is -0.381 e. The predicted molar refractivity (Wildman–Crippen MR) is 77.2 cm³/mol. The number of ether oxygens (including phenoxy) is 1. The van der Waals surface area contributed by atoms with Crippen molar-refractivity contribution in [3.63, 3.8) is 0 Å². The topological polar surface area (TPSA) is 31.2 Å². The summed E-state index contributed by atoms with van der Waals surface area (Å²) in [5, 5.41) is 0. The molecule has 106 valence electrons. The molecule has 1 aromatic heterocycles. The van der Waals surface area contributed by atoms with Crippen LogP contribution in [0.5, 0.6) is 0 Å². The Bertz CT molecular complexity index is 461. The van der Waals surface area contributed by atoms with Gasteiger partial charge in [0.05, 0.1) is 5.88 Å². The van der Waals surface area contributed by atoms with Gasteiger partial charge in [-0.05, 0) is 45.6 Å². The zero-order valence-electron chi connectivity index (χ0n) is 11.9. The Balaban J connectivity index is 2.28. The van der Waals surface area contributed by atoms with E-state index in [4.69, 9.17) is 16.3 Å². The Morgan fingerprint density at radius 3 is 2.68 bits per heavy atom. The summed E-state index contributed by atoms with van der Waals surface area (Å²) in [5.41, 5.74) is 2.96. The van der Waals surface area contributed by atoms with E-state index < -0.39 is 0 Å². The van der Waals surface area contributed by atoms with Gasteiger partial charge in [0.2, 0.25) is 0 Å². The Labute approximate surface area is 119 Å². The maximum Gasteiger partial charge on any atom is 0.179 e. The zero-order valence-corrected chi connectivity index (χ0v) is 12.7. The SMILES string of the molecule is Cc1cc(C(=O)CCl)c(C)n1C(C)C1CCOCC1. The van der Waals surface area contributed by atoms with Crippen molar-refractivity contribution in [3.05, 3.63) is 23.0 Å². The number of alkyl halides is 1. The van der Waals surface area contributed by atoms with Crippen LogP contribution in [0.3, 0.4) is 0 Å². The van der Waals surface area contributed by atoms with Gasteiger partial charge in [-0.1, -0.05) is 0 Å². The van der Waals surface area contributed by atoms with E-state index in [-0.39, 0.29) is 11.7 Å². The van der Waals surface area contributed by atoms with Gasteiger partial charge in [0.1, 0.15) is 0 Å². The number of ketones is 1. The van der Waals surface area contributed by atoms with Crippen molar-refractivity contribution < 1.29 is 9.53 Å². The number of carbonyl (C=O) groups is 1. The van der Waals surface area contributed by atoms with Crippen molar-refractivity contribution in [1.82, 2.24) is 4.57 Å². The van der Waals surface area contributed by atoms with Gasteiger partial charge < -0.3 is 9.30 Å². The second-order valence-electron chi connectivity index (χ2n) is 5.40. The van der Waals surface area contributed by atoms with Gasteiger partial charge in [-0.2, -0.15) is 0 Å². The Hall–Kier alpha value is -0.800. The van der Waals surface area contributed by atoms with Crippen LogP contribution in [0.2, 0.25) is 0 Å². The van der Waals surface area contributed by atoms with E-state index in [1.54, 1.807) is 0 Å². The van der Waals surface area contributed by atoms with Crippen LogP contribution in [0.15, 0.2) is 6.07 Å². The highest BCUT2D eigenvalue weighted by atomic mass is 35.5. The van der Waals surface area contributed by atoms with Gasteiger partial charge in [-0.15, -0.1) is 11.6 Å². The first kappa shape index (κ1) is 14.6. The number of halogens is 1. The molecule has 0 amide bonds. The second-order valence-corrected chi connectivity index (χ2v) is 5.67. The van der Waals surface area contributed by atoms with Crippen LogP contribution < -0.4 is 0 Å². The summed E-state index contributed by atoms with van der Waals surface area (Å²) >= 11 is 5.67. The molecular weight excluding hydrogens is 262 g/mol. The minimum atomic E-state index is 0.0141. The lowest BCUT2D eigenvalue weighted by Crippen LogP contribution is -2.25. The van der Waals surface area contributed by atoms with Crippen molar-refractivity contribution in [3.8, 4) is 0 Å². The molecule has 1 fully saturated rings. The van der Waals surface area contributed by atoms with Gasteiger partial charge in [0, 0.05) is 36.2 Å². The maximum absolute atomic E-state index is 11.8. The summed E-state index contributed by atoms with van der Waals surface area (Å²) in [6.45, 7) is 8.02. The molecule has 2 heterocycles. The third-order valence-electron chi connectivity index (χ3n) is 4.26. The van der Waals surface area contributed by atoms with E-state index in [2.05, 4.69) is 18.4 Å². The smallest absolute Gasteiger partial charge is 0.179 e. The number of aromatic nitrogens is 1. The summed E-state index contributed by atoms with van der Waals surface area (Å²) in [5.74, 6) is 0.688. The van der Waals surface area contributed by atoms with Gasteiger partial charge in [-0.3, -0.25) is 4.79 Å². The van der Waals surface area contributed by atoms with Crippen LogP contribution >= 0.6 is 11.6 Å². The molecule has 0 saturated carbocycles. The molecule has 4 heteroatoms. The van der Waals surface area contributed by atoms with Crippen LogP contribution in [0, 0.1) is 19.8 Å². The molecule has 0 radical (unpaired) electrons. The summed E-state index contributed by atoms with van der Waals surface area (Å²) in [4.78, 5) is 11.8. The van der Waals surface area contributed by atoms with Crippen molar-refractivity contribution >= 4 is 17.4 Å². The van der Waals surface area contributed by atoms with E-state index in [0.717, 1.165) is 43.0 Å². The first-order chi connectivity index (χ1) is 9.06. The minimum absolute atomic E-state index is 0.0141. The number of hydrogen-bond donors (Lipinski definition) is 0. The van der Waals surface area contributed by atoms with E-state index in [0.29, 0.717) is 12.0 Å². The quantitative estimate of drug-likeness (QED) is 0.625. The standard InChI is InChI=1S/C15H22ClNO2/c1-10-8-14(15(18)9-16)12(3)17(10)11(2)13-4-6-19-7-5-13/h8,11,13H,4-7,9H2,1-3H3.